The van der Waals surface area contributed by atoms with Crippen molar-refractivity contribution >= 4 is 33.8 Å². The fourth-order valence-corrected chi connectivity index (χ4v) is 2.57. The van der Waals surface area contributed by atoms with Crippen LogP contribution in [0.25, 0.3) is 10.1 Å². The number of rotatable bonds is 3. The minimum Gasteiger partial charge on any atom is -0.309 e. The van der Waals surface area contributed by atoms with E-state index in [2.05, 4.69) is 4.90 Å². The zero-order valence-corrected chi connectivity index (χ0v) is 11.6. The summed E-state index contributed by atoms with van der Waals surface area (Å²) in [7, 11) is 4.05. The number of hydrogen-bond acceptors (Lipinski definition) is 3. The third-order valence-corrected chi connectivity index (χ3v) is 3.59. The first-order valence-electron chi connectivity index (χ1n) is 5.32. The maximum atomic E-state index is 12.1. The quantitative estimate of drug-likeness (QED) is 0.854. The normalized spacial score (nSPS) is 10.5. The Kier molecular flexibility index (Phi) is 5.12. The lowest BCUT2D eigenvalue weighted by Crippen LogP contribution is -2.18. The summed E-state index contributed by atoms with van der Waals surface area (Å²) in [5.41, 5.74) is 1.12. The molecule has 4 heteroatoms. The maximum absolute atomic E-state index is 12.1. The fourth-order valence-electron chi connectivity index (χ4n) is 1.63. The van der Waals surface area contributed by atoms with Crippen molar-refractivity contribution in [2.45, 2.75) is 6.42 Å². The third-order valence-electron chi connectivity index (χ3n) is 2.58. The number of benzene rings is 1. The van der Waals surface area contributed by atoms with Gasteiger partial charge in [-0.25, -0.2) is 0 Å². The molecule has 0 aliphatic carbocycles. The summed E-state index contributed by atoms with van der Waals surface area (Å²) in [4.78, 5) is 14.2. The van der Waals surface area contributed by atoms with E-state index in [9.17, 15) is 4.79 Å². The van der Waals surface area contributed by atoms with Crippen molar-refractivity contribution in [2.24, 2.45) is 0 Å². The molecule has 0 saturated heterocycles. The molecule has 1 aromatic carbocycles. The van der Waals surface area contributed by atoms with E-state index in [0.29, 0.717) is 0 Å². The van der Waals surface area contributed by atoms with Crippen LogP contribution in [0.5, 0.6) is 0 Å². The van der Waals surface area contributed by atoms with Gasteiger partial charge in [-0.1, -0.05) is 12.1 Å². The molecule has 2 rings (SSSR count). The van der Waals surface area contributed by atoms with Crippen LogP contribution in [0, 0.1) is 0 Å². The van der Waals surface area contributed by atoms with E-state index in [-0.39, 0.29) is 17.8 Å². The summed E-state index contributed by atoms with van der Waals surface area (Å²) in [5.74, 6) is 0. The zero-order valence-electron chi connectivity index (χ0n) is 9.97. The van der Waals surface area contributed by atoms with Crippen molar-refractivity contribution in [2.75, 3.05) is 20.6 Å². The first kappa shape index (κ1) is 14.2. The van der Waals surface area contributed by atoms with Crippen molar-refractivity contribution < 1.29 is 0 Å². The first-order valence-corrected chi connectivity index (χ1v) is 6.20. The van der Waals surface area contributed by atoms with Gasteiger partial charge in [0.15, 0.2) is 5.43 Å². The fraction of sp³-hybridized carbons (Fsp3) is 0.308. The topological polar surface area (TPSA) is 20.3 Å². The summed E-state index contributed by atoms with van der Waals surface area (Å²) in [6.45, 7) is 0.917. The van der Waals surface area contributed by atoms with E-state index in [0.717, 1.165) is 28.6 Å². The molecule has 2 nitrogen and oxygen atoms in total. The summed E-state index contributed by atoms with van der Waals surface area (Å²) in [5, 5.41) is 2.84. The largest absolute Gasteiger partial charge is 0.309 e. The van der Waals surface area contributed by atoms with Gasteiger partial charge in [0.2, 0.25) is 0 Å². The van der Waals surface area contributed by atoms with Gasteiger partial charge in [0.25, 0.3) is 0 Å². The number of fused-ring (bicyclic) bond motifs is 1. The number of likely N-dealkylation sites (N-methyl/N-ethyl adjacent to an activating group) is 1. The van der Waals surface area contributed by atoms with E-state index in [1.165, 1.54) is 0 Å². The minimum absolute atomic E-state index is 0. The SMILES string of the molecule is CN(C)CCc1csc2ccccc2c1=O.Cl. The number of nitrogens with zero attached hydrogens (tertiary/aromatic N) is 1. The van der Waals surface area contributed by atoms with Crippen molar-refractivity contribution in [1.82, 2.24) is 4.90 Å². The van der Waals surface area contributed by atoms with Gasteiger partial charge in [-0.05, 0) is 38.0 Å². The number of hydrogen-bond donors (Lipinski definition) is 0. The molecule has 17 heavy (non-hydrogen) atoms. The van der Waals surface area contributed by atoms with Gasteiger partial charge in [0, 0.05) is 22.2 Å². The Morgan fingerprint density at radius 1 is 1.24 bits per heavy atom. The van der Waals surface area contributed by atoms with Gasteiger partial charge in [-0.2, -0.15) is 0 Å². The zero-order chi connectivity index (χ0) is 11.5. The van der Waals surface area contributed by atoms with Gasteiger partial charge in [-0.3, -0.25) is 4.79 Å². The lowest BCUT2D eigenvalue weighted by molar-refractivity contribution is 0.413. The summed E-state index contributed by atoms with van der Waals surface area (Å²) < 4.78 is 1.07. The molecule has 2 aromatic rings. The second-order valence-electron chi connectivity index (χ2n) is 4.14. The molecule has 0 radical (unpaired) electrons. The standard InChI is InChI=1S/C13H15NOS.ClH/c1-14(2)8-7-10-9-16-12-6-4-3-5-11(12)13(10)15;/h3-6,9H,7-8H2,1-2H3;1H. The van der Waals surface area contributed by atoms with Gasteiger partial charge in [0.05, 0.1) is 0 Å². The van der Waals surface area contributed by atoms with Gasteiger partial charge in [-0.15, -0.1) is 23.7 Å². The van der Waals surface area contributed by atoms with E-state index in [1.54, 1.807) is 11.3 Å². The Hall–Kier alpha value is -0.900. The van der Waals surface area contributed by atoms with Crippen molar-refractivity contribution in [3.63, 3.8) is 0 Å². The Morgan fingerprint density at radius 3 is 2.65 bits per heavy atom. The van der Waals surface area contributed by atoms with Crippen LogP contribution in [0.4, 0.5) is 0 Å². The molecular weight excluding hydrogens is 254 g/mol. The Morgan fingerprint density at radius 2 is 1.94 bits per heavy atom. The smallest absolute Gasteiger partial charge is 0.191 e. The molecule has 0 fully saturated rings. The predicted octanol–water partition coefficient (Wildman–Crippen LogP) is 2.79. The molecule has 0 N–H and O–H groups in total. The molecule has 0 bridgehead atoms. The van der Waals surface area contributed by atoms with E-state index in [1.807, 2.05) is 43.7 Å². The Labute approximate surface area is 111 Å². The van der Waals surface area contributed by atoms with E-state index >= 15 is 0 Å². The minimum atomic E-state index is 0. The van der Waals surface area contributed by atoms with Crippen LogP contribution in [0.2, 0.25) is 0 Å². The van der Waals surface area contributed by atoms with Crippen molar-refractivity contribution in [3.05, 3.63) is 45.4 Å². The van der Waals surface area contributed by atoms with E-state index < -0.39 is 0 Å². The molecule has 0 spiro atoms. The van der Waals surface area contributed by atoms with Crippen LogP contribution < -0.4 is 5.43 Å². The molecule has 0 atom stereocenters. The van der Waals surface area contributed by atoms with Crippen molar-refractivity contribution in [1.29, 1.82) is 0 Å². The highest BCUT2D eigenvalue weighted by molar-refractivity contribution is 7.16. The molecular formula is C13H16ClNOS. The highest BCUT2D eigenvalue weighted by Crippen LogP contribution is 2.16. The highest BCUT2D eigenvalue weighted by atomic mass is 35.5. The molecule has 0 aliphatic heterocycles. The number of halogens is 1. The summed E-state index contributed by atoms with van der Waals surface area (Å²) in [6.07, 6.45) is 0.827. The Bertz CT molecular complexity index is 550. The molecule has 1 aromatic heterocycles. The lowest BCUT2D eigenvalue weighted by atomic mass is 10.1. The maximum Gasteiger partial charge on any atom is 0.191 e. The summed E-state index contributed by atoms with van der Waals surface area (Å²) >= 11 is 1.65. The Balaban J connectivity index is 0.00000144. The summed E-state index contributed by atoms with van der Waals surface area (Å²) in [6, 6.07) is 7.80. The first-order chi connectivity index (χ1) is 7.68. The molecule has 1 heterocycles. The monoisotopic (exact) mass is 269 g/mol. The average molecular weight is 270 g/mol. The van der Waals surface area contributed by atoms with Gasteiger partial charge >= 0.3 is 0 Å². The van der Waals surface area contributed by atoms with Crippen LogP contribution in [0.1, 0.15) is 5.56 Å². The lowest BCUT2D eigenvalue weighted by Gasteiger charge is -2.08. The van der Waals surface area contributed by atoms with Crippen LogP contribution in [-0.4, -0.2) is 25.5 Å². The predicted molar refractivity (Wildman–Crippen MR) is 77.6 cm³/mol. The second kappa shape index (κ2) is 6.15. The van der Waals surface area contributed by atoms with Gasteiger partial charge < -0.3 is 4.90 Å². The molecule has 0 amide bonds. The average Bonchev–Trinajstić information content (AvgIpc) is 2.28. The molecule has 0 aliphatic rings. The molecule has 0 saturated carbocycles. The third kappa shape index (κ3) is 3.28. The van der Waals surface area contributed by atoms with Crippen LogP contribution in [0.3, 0.4) is 0 Å². The van der Waals surface area contributed by atoms with Crippen LogP contribution in [0.15, 0.2) is 34.4 Å². The van der Waals surface area contributed by atoms with E-state index in [4.69, 9.17) is 0 Å². The molecule has 0 unspecified atom stereocenters. The second-order valence-corrected chi connectivity index (χ2v) is 5.05. The van der Waals surface area contributed by atoms with Crippen LogP contribution in [-0.2, 0) is 6.42 Å². The highest BCUT2D eigenvalue weighted by Gasteiger charge is 2.04. The van der Waals surface area contributed by atoms with Gasteiger partial charge in [0.1, 0.15) is 0 Å². The van der Waals surface area contributed by atoms with Crippen LogP contribution >= 0.6 is 23.7 Å². The van der Waals surface area contributed by atoms with Crippen molar-refractivity contribution in [3.8, 4) is 0 Å². The molecule has 92 valence electrons.